The topological polar surface area (TPSA) is 55.8 Å². The van der Waals surface area contributed by atoms with Crippen molar-refractivity contribution in [3.8, 4) is 11.5 Å². The molecule has 5 heteroatoms. The predicted octanol–water partition coefficient (Wildman–Crippen LogP) is 3.29. The fourth-order valence-electron chi connectivity index (χ4n) is 3.91. The summed E-state index contributed by atoms with van der Waals surface area (Å²) in [4.78, 5) is 27.1. The second kappa shape index (κ2) is 6.21. The predicted molar refractivity (Wildman–Crippen MR) is 94.7 cm³/mol. The van der Waals surface area contributed by atoms with E-state index in [1.807, 2.05) is 18.2 Å². The maximum Gasteiger partial charge on any atom is 0.227 e. The molecule has 2 aliphatic rings. The zero-order valence-electron chi connectivity index (χ0n) is 15.5. The van der Waals surface area contributed by atoms with E-state index in [0.29, 0.717) is 24.3 Å². The molecule has 0 radical (unpaired) electrons. The van der Waals surface area contributed by atoms with Gasteiger partial charge < -0.3 is 14.4 Å². The third-order valence-electron chi connectivity index (χ3n) is 5.21. The number of methoxy groups -OCH3 is 2. The Morgan fingerprint density at radius 1 is 1.08 bits per heavy atom. The number of ketones is 1. The Hall–Kier alpha value is -2.30. The molecule has 1 aliphatic heterocycles. The fraction of sp³-hybridized carbons (Fsp3) is 0.500. The Labute approximate surface area is 148 Å². The van der Waals surface area contributed by atoms with Gasteiger partial charge in [0.15, 0.2) is 17.3 Å². The normalized spacial score (nSPS) is 22.8. The highest BCUT2D eigenvalue weighted by molar-refractivity contribution is 6.02. The largest absolute Gasteiger partial charge is 0.493 e. The van der Waals surface area contributed by atoms with Crippen molar-refractivity contribution in [2.24, 2.45) is 5.41 Å². The summed E-state index contributed by atoms with van der Waals surface area (Å²) in [7, 11) is 4.95. The first-order chi connectivity index (χ1) is 11.8. The summed E-state index contributed by atoms with van der Waals surface area (Å²) in [5, 5.41) is 0. The van der Waals surface area contributed by atoms with Gasteiger partial charge in [0.05, 0.1) is 14.2 Å². The zero-order chi connectivity index (χ0) is 18.4. The molecular weight excluding hydrogens is 318 g/mol. The minimum atomic E-state index is -0.220. The van der Waals surface area contributed by atoms with Crippen LogP contribution in [-0.2, 0) is 9.59 Å². The molecule has 0 bridgehead atoms. The van der Waals surface area contributed by atoms with Crippen LogP contribution >= 0.6 is 0 Å². The summed E-state index contributed by atoms with van der Waals surface area (Å²) in [6.07, 6.45) is 1.55. The van der Waals surface area contributed by atoms with Crippen LogP contribution in [0.5, 0.6) is 11.5 Å². The molecule has 3 rings (SSSR count). The number of amides is 1. The van der Waals surface area contributed by atoms with E-state index in [4.69, 9.17) is 9.47 Å². The van der Waals surface area contributed by atoms with Crippen molar-refractivity contribution >= 4 is 11.7 Å². The first kappa shape index (κ1) is 17.5. The summed E-state index contributed by atoms with van der Waals surface area (Å²) in [5.41, 5.74) is 2.45. The summed E-state index contributed by atoms with van der Waals surface area (Å²) in [5.74, 6) is 1.21. The van der Waals surface area contributed by atoms with E-state index in [0.717, 1.165) is 23.3 Å². The maximum atomic E-state index is 12.9. The number of hydrogen-bond acceptors (Lipinski definition) is 4. The third kappa shape index (κ3) is 3.03. The van der Waals surface area contributed by atoms with Crippen LogP contribution in [-0.4, -0.2) is 37.9 Å². The molecule has 0 spiro atoms. The molecule has 0 N–H and O–H groups in total. The van der Waals surface area contributed by atoms with Gasteiger partial charge >= 0.3 is 0 Å². The van der Waals surface area contributed by atoms with E-state index in [9.17, 15) is 9.59 Å². The van der Waals surface area contributed by atoms with Gasteiger partial charge in [-0.3, -0.25) is 9.59 Å². The van der Waals surface area contributed by atoms with Gasteiger partial charge in [0.1, 0.15) is 0 Å². The maximum absolute atomic E-state index is 12.9. The van der Waals surface area contributed by atoms with E-state index in [1.165, 1.54) is 0 Å². The standard InChI is InChI=1S/C20H25NO4/c1-20(2)10-14-19(15(22)11-20)13(9-18(23)21(14)3)12-6-7-16(24-4)17(8-12)25-5/h6-8,13H,9-11H2,1-5H3. The van der Waals surface area contributed by atoms with Crippen LogP contribution in [0.2, 0.25) is 0 Å². The number of rotatable bonds is 3. The van der Waals surface area contributed by atoms with Crippen molar-refractivity contribution in [2.45, 2.75) is 39.0 Å². The number of ether oxygens (including phenoxy) is 2. The molecule has 134 valence electrons. The van der Waals surface area contributed by atoms with Crippen molar-refractivity contribution in [3.05, 3.63) is 35.0 Å². The van der Waals surface area contributed by atoms with Gasteiger partial charge in [-0.15, -0.1) is 0 Å². The molecule has 25 heavy (non-hydrogen) atoms. The highest BCUT2D eigenvalue weighted by atomic mass is 16.5. The quantitative estimate of drug-likeness (QED) is 0.845. The van der Waals surface area contributed by atoms with Crippen LogP contribution in [0.1, 0.15) is 44.6 Å². The highest BCUT2D eigenvalue weighted by Gasteiger charge is 2.42. The smallest absolute Gasteiger partial charge is 0.227 e. The van der Waals surface area contributed by atoms with E-state index in [2.05, 4.69) is 13.8 Å². The van der Waals surface area contributed by atoms with Crippen LogP contribution in [0, 0.1) is 5.41 Å². The Kier molecular flexibility index (Phi) is 4.35. The lowest BCUT2D eigenvalue weighted by atomic mass is 9.69. The van der Waals surface area contributed by atoms with Crippen molar-refractivity contribution in [3.63, 3.8) is 0 Å². The molecule has 1 aromatic carbocycles. The molecule has 0 saturated heterocycles. The van der Waals surface area contributed by atoms with Crippen LogP contribution in [0.3, 0.4) is 0 Å². The fourth-order valence-corrected chi connectivity index (χ4v) is 3.91. The molecule has 1 unspecified atom stereocenters. The number of hydrogen-bond donors (Lipinski definition) is 0. The van der Waals surface area contributed by atoms with E-state index in [1.54, 1.807) is 26.2 Å². The van der Waals surface area contributed by atoms with E-state index < -0.39 is 0 Å². The monoisotopic (exact) mass is 343 g/mol. The minimum Gasteiger partial charge on any atom is -0.493 e. The van der Waals surface area contributed by atoms with E-state index in [-0.39, 0.29) is 23.0 Å². The van der Waals surface area contributed by atoms with Gasteiger partial charge in [0.2, 0.25) is 5.91 Å². The summed E-state index contributed by atoms with van der Waals surface area (Å²) >= 11 is 0. The van der Waals surface area contributed by atoms with Crippen molar-refractivity contribution in [1.29, 1.82) is 0 Å². The number of carbonyl (C=O) groups is 2. The summed E-state index contributed by atoms with van der Waals surface area (Å²) in [6, 6.07) is 5.62. The number of Topliss-reactive ketones (excluding diaryl/α,β-unsaturated/α-hetero) is 1. The molecule has 1 aromatic rings. The Balaban J connectivity index is 2.11. The molecular formula is C20H25NO4. The SMILES string of the molecule is COc1ccc(C2CC(=O)N(C)C3=C2C(=O)CC(C)(C)C3)cc1OC. The van der Waals surface area contributed by atoms with Gasteiger partial charge in [-0.2, -0.15) is 0 Å². The Morgan fingerprint density at radius 2 is 1.76 bits per heavy atom. The number of carbonyl (C=O) groups excluding carboxylic acids is 2. The van der Waals surface area contributed by atoms with Crippen molar-refractivity contribution < 1.29 is 19.1 Å². The van der Waals surface area contributed by atoms with Gasteiger partial charge in [-0.1, -0.05) is 19.9 Å². The average molecular weight is 343 g/mol. The Bertz CT molecular complexity index is 763. The van der Waals surface area contributed by atoms with Crippen molar-refractivity contribution in [1.82, 2.24) is 4.90 Å². The summed E-state index contributed by atoms with van der Waals surface area (Å²) < 4.78 is 10.7. The molecule has 1 aliphatic carbocycles. The lowest BCUT2D eigenvalue weighted by Gasteiger charge is -2.41. The molecule has 5 nitrogen and oxygen atoms in total. The van der Waals surface area contributed by atoms with E-state index >= 15 is 0 Å². The lowest BCUT2D eigenvalue weighted by Crippen LogP contribution is -2.41. The lowest BCUT2D eigenvalue weighted by molar-refractivity contribution is -0.130. The van der Waals surface area contributed by atoms with Gasteiger partial charge in [0.25, 0.3) is 0 Å². The second-order valence-electron chi connectivity index (χ2n) is 7.63. The van der Waals surface area contributed by atoms with Crippen LogP contribution < -0.4 is 9.47 Å². The average Bonchev–Trinajstić information content (AvgIpc) is 2.56. The Morgan fingerprint density at radius 3 is 2.40 bits per heavy atom. The molecule has 0 saturated carbocycles. The molecule has 0 fully saturated rings. The third-order valence-corrected chi connectivity index (χ3v) is 5.21. The van der Waals surface area contributed by atoms with Crippen LogP contribution in [0.25, 0.3) is 0 Å². The first-order valence-electron chi connectivity index (χ1n) is 8.52. The van der Waals surface area contributed by atoms with Gasteiger partial charge in [-0.25, -0.2) is 0 Å². The first-order valence-corrected chi connectivity index (χ1v) is 8.52. The number of nitrogens with zero attached hydrogens (tertiary/aromatic N) is 1. The van der Waals surface area contributed by atoms with Gasteiger partial charge in [0, 0.05) is 37.1 Å². The van der Waals surface area contributed by atoms with Crippen LogP contribution in [0.15, 0.2) is 29.5 Å². The highest BCUT2D eigenvalue weighted by Crippen LogP contribution is 2.47. The molecule has 1 atom stereocenters. The molecule has 1 heterocycles. The zero-order valence-corrected chi connectivity index (χ0v) is 15.5. The molecule has 0 aromatic heterocycles. The van der Waals surface area contributed by atoms with Crippen LogP contribution in [0.4, 0.5) is 0 Å². The second-order valence-corrected chi connectivity index (χ2v) is 7.63. The minimum absolute atomic E-state index is 0.0454. The molecule has 1 amide bonds. The number of allylic oxidation sites excluding steroid dienone is 2. The summed E-state index contributed by atoms with van der Waals surface area (Å²) in [6.45, 7) is 4.15. The van der Waals surface area contributed by atoms with Gasteiger partial charge in [-0.05, 0) is 29.5 Å². The van der Waals surface area contributed by atoms with Crippen molar-refractivity contribution in [2.75, 3.05) is 21.3 Å². The number of benzene rings is 1.